The molecule has 24 heavy (non-hydrogen) atoms. The summed E-state index contributed by atoms with van der Waals surface area (Å²) in [4.78, 5) is 37.5. The van der Waals surface area contributed by atoms with Gasteiger partial charge in [0.2, 0.25) is 11.8 Å². The molecule has 2 aromatic rings. The van der Waals surface area contributed by atoms with Gasteiger partial charge < -0.3 is 14.4 Å². The summed E-state index contributed by atoms with van der Waals surface area (Å²) >= 11 is 0. The van der Waals surface area contributed by atoms with Gasteiger partial charge in [-0.3, -0.25) is 9.59 Å². The Kier molecular flexibility index (Phi) is 4.46. The molecule has 1 saturated heterocycles. The van der Waals surface area contributed by atoms with E-state index in [1.54, 1.807) is 25.7 Å². The fourth-order valence-corrected chi connectivity index (χ4v) is 3.08. The van der Waals surface area contributed by atoms with Crippen molar-refractivity contribution < 1.29 is 9.32 Å². The van der Waals surface area contributed by atoms with Crippen LogP contribution in [0.25, 0.3) is 0 Å². The van der Waals surface area contributed by atoms with Crippen LogP contribution in [0.15, 0.2) is 9.32 Å². The summed E-state index contributed by atoms with van der Waals surface area (Å²) in [6.45, 7) is 6.53. The number of aromatic amines is 1. The van der Waals surface area contributed by atoms with Crippen LogP contribution in [0.1, 0.15) is 47.6 Å². The quantitative estimate of drug-likeness (QED) is 0.900. The second-order valence-electron chi connectivity index (χ2n) is 6.23. The van der Waals surface area contributed by atoms with Crippen molar-refractivity contribution in [3.05, 3.63) is 39.2 Å². The van der Waals surface area contributed by atoms with Crippen LogP contribution >= 0.6 is 0 Å². The monoisotopic (exact) mass is 331 g/mol. The molecule has 0 aliphatic carbocycles. The summed E-state index contributed by atoms with van der Waals surface area (Å²) in [5.74, 6) is 1.99. The lowest BCUT2D eigenvalue weighted by molar-refractivity contribution is -0.131. The van der Waals surface area contributed by atoms with E-state index in [4.69, 9.17) is 4.52 Å². The molecular weight excluding hydrogens is 310 g/mol. The van der Waals surface area contributed by atoms with Crippen LogP contribution in [0.4, 0.5) is 0 Å². The SMILES string of the molecule is Cc1noc(C2CCN(C(=O)Cc3c(C)nc(C)[nH]c3=O)CC2)n1. The first-order valence-electron chi connectivity index (χ1n) is 8.08. The number of nitrogens with zero attached hydrogens (tertiary/aromatic N) is 4. The van der Waals surface area contributed by atoms with Crippen LogP contribution < -0.4 is 5.56 Å². The maximum atomic E-state index is 12.5. The van der Waals surface area contributed by atoms with Gasteiger partial charge >= 0.3 is 0 Å². The number of aryl methyl sites for hydroxylation is 3. The Morgan fingerprint density at radius 2 is 1.96 bits per heavy atom. The Morgan fingerprint density at radius 3 is 2.54 bits per heavy atom. The minimum absolute atomic E-state index is 0.0468. The van der Waals surface area contributed by atoms with Crippen LogP contribution in [0.2, 0.25) is 0 Å². The minimum atomic E-state index is -0.232. The first kappa shape index (κ1) is 16.4. The molecule has 3 rings (SSSR count). The van der Waals surface area contributed by atoms with E-state index in [1.165, 1.54) is 0 Å². The molecule has 0 spiro atoms. The Labute approximate surface area is 139 Å². The molecule has 0 bridgehead atoms. The molecule has 1 aliphatic rings. The minimum Gasteiger partial charge on any atom is -0.342 e. The smallest absolute Gasteiger partial charge is 0.254 e. The van der Waals surface area contributed by atoms with Gasteiger partial charge in [0.15, 0.2) is 5.82 Å². The number of hydrogen-bond donors (Lipinski definition) is 1. The number of amides is 1. The van der Waals surface area contributed by atoms with Crippen LogP contribution in [0, 0.1) is 20.8 Å². The van der Waals surface area contributed by atoms with Crippen molar-refractivity contribution in [1.29, 1.82) is 0 Å². The van der Waals surface area contributed by atoms with Gasteiger partial charge in [0.05, 0.1) is 6.42 Å². The zero-order valence-corrected chi connectivity index (χ0v) is 14.1. The molecule has 0 atom stereocenters. The van der Waals surface area contributed by atoms with Gasteiger partial charge in [-0.2, -0.15) is 4.98 Å². The molecule has 8 heteroatoms. The molecule has 3 heterocycles. The Balaban J connectivity index is 1.63. The zero-order valence-electron chi connectivity index (χ0n) is 14.1. The van der Waals surface area contributed by atoms with E-state index in [2.05, 4.69) is 20.1 Å². The second kappa shape index (κ2) is 6.54. The van der Waals surface area contributed by atoms with Gasteiger partial charge in [-0.1, -0.05) is 5.16 Å². The van der Waals surface area contributed by atoms with Crippen LogP contribution in [-0.4, -0.2) is 44.0 Å². The normalized spacial score (nSPS) is 15.7. The van der Waals surface area contributed by atoms with Crippen molar-refractivity contribution >= 4 is 5.91 Å². The first-order valence-corrected chi connectivity index (χ1v) is 8.08. The molecule has 0 radical (unpaired) electrons. The number of likely N-dealkylation sites (tertiary alicyclic amines) is 1. The number of rotatable bonds is 3. The molecule has 128 valence electrons. The fourth-order valence-electron chi connectivity index (χ4n) is 3.08. The molecule has 0 aromatic carbocycles. The Morgan fingerprint density at radius 1 is 1.25 bits per heavy atom. The molecule has 1 fully saturated rings. The maximum Gasteiger partial charge on any atom is 0.254 e. The maximum absolute atomic E-state index is 12.5. The highest BCUT2D eigenvalue weighted by atomic mass is 16.5. The predicted molar refractivity (Wildman–Crippen MR) is 85.6 cm³/mol. The number of carbonyl (C=O) groups is 1. The number of H-pyrrole nitrogens is 1. The van der Waals surface area contributed by atoms with E-state index in [1.807, 2.05) is 0 Å². The third-order valence-electron chi connectivity index (χ3n) is 4.41. The number of nitrogens with one attached hydrogen (secondary N) is 1. The highest BCUT2D eigenvalue weighted by molar-refractivity contribution is 5.79. The second-order valence-corrected chi connectivity index (χ2v) is 6.23. The summed E-state index contributed by atoms with van der Waals surface area (Å²) < 4.78 is 5.22. The van der Waals surface area contributed by atoms with E-state index < -0.39 is 0 Å². The Bertz CT molecular complexity index is 802. The first-order chi connectivity index (χ1) is 11.4. The van der Waals surface area contributed by atoms with E-state index in [9.17, 15) is 9.59 Å². The summed E-state index contributed by atoms with van der Waals surface area (Å²) in [6.07, 6.45) is 1.66. The van der Waals surface area contributed by atoms with Crippen molar-refractivity contribution in [2.75, 3.05) is 13.1 Å². The van der Waals surface area contributed by atoms with Gasteiger partial charge in [0.1, 0.15) is 5.82 Å². The molecule has 0 saturated carbocycles. The zero-order chi connectivity index (χ0) is 17.3. The fraction of sp³-hybridized carbons (Fsp3) is 0.562. The average Bonchev–Trinajstić information content (AvgIpc) is 2.97. The van der Waals surface area contributed by atoms with Crippen LogP contribution in [0.3, 0.4) is 0 Å². The molecular formula is C16H21N5O3. The average molecular weight is 331 g/mol. The van der Waals surface area contributed by atoms with Crippen molar-refractivity contribution in [2.24, 2.45) is 0 Å². The Hall–Kier alpha value is -2.51. The van der Waals surface area contributed by atoms with E-state index in [0.717, 1.165) is 12.8 Å². The standard InChI is InChI=1S/C16H21N5O3/c1-9-13(15(23)18-10(2)17-9)8-14(22)21-6-4-12(5-7-21)16-19-11(3)20-24-16/h12H,4-8H2,1-3H3,(H,17,18,23). The van der Waals surface area contributed by atoms with Crippen LogP contribution in [0.5, 0.6) is 0 Å². The third-order valence-corrected chi connectivity index (χ3v) is 4.41. The largest absolute Gasteiger partial charge is 0.342 e. The lowest BCUT2D eigenvalue weighted by atomic mass is 9.96. The number of piperidine rings is 1. The number of aromatic nitrogens is 4. The topological polar surface area (TPSA) is 105 Å². The molecule has 1 N–H and O–H groups in total. The van der Waals surface area contributed by atoms with E-state index in [-0.39, 0.29) is 23.8 Å². The van der Waals surface area contributed by atoms with Gasteiger partial charge in [-0.25, -0.2) is 4.98 Å². The van der Waals surface area contributed by atoms with Crippen molar-refractivity contribution in [3.8, 4) is 0 Å². The number of carbonyl (C=O) groups excluding carboxylic acids is 1. The predicted octanol–water partition coefficient (Wildman–Crippen LogP) is 1.03. The number of hydrogen-bond acceptors (Lipinski definition) is 6. The summed E-state index contributed by atoms with van der Waals surface area (Å²) in [7, 11) is 0. The summed E-state index contributed by atoms with van der Waals surface area (Å²) in [5, 5.41) is 3.82. The lowest BCUT2D eigenvalue weighted by Crippen LogP contribution is -2.39. The summed E-state index contributed by atoms with van der Waals surface area (Å²) in [6, 6.07) is 0. The van der Waals surface area contributed by atoms with E-state index in [0.29, 0.717) is 41.9 Å². The van der Waals surface area contributed by atoms with Crippen LogP contribution in [-0.2, 0) is 11.2 Å². The summed E-state index contributed by atoms with van der Waals surface area (Å²) in [5.41, 5.74) is 0.825. The van der Waals surface area contributed by atoms with Crippen molar-refractivity contribution in [2.45, 2.75) is 46.0 Å². The van der Waals surface area contributed by atoms with Gasteiger partial charge in [-0.15, -0.1) is 0 Å². The molecule has 1 amide bonds. The molecule has 8 nitrogen and oxygen atoms in total. The third kappa shape index (κ3) is 3.37. The highest BCUT2D eigenvalue weighted by Gasteiger charge is 2.27. The lowest BCUT2D eigenvalue weighted by Gasteiger charge is -2.30. The van der Waals surface area contributed by atoms with E-state index >= 15 is 0 Å². The molecule has 0 unspecified atom stereocenters. The van der Waals surface area contributed by atoms with Gasteiger partial charge in [0, 0.05) is 30.3 Å². The van der Waals surface area contributed by atoms with Crippen molar-refractivity contribution in [1.82, 2.24) is 25.0 Å². The van der Waals surface area contributed by atoms with Gasteiger partial charge in [-0.05, 0) is 33.6 Å². The highest BCUT2D eigenvalue weighted by Crippen LogP contribution is 2.26. The van der Waals surface area contributed by atoms with Gasteiger partial charge in [0.25, 0.3) is 5.56 Å². The molecule has 1 aliphatic heterocycles. The molecule has 2 aromatic heterocycles. The van der Waals surface area contributed by atoms with Crippen molar-refractivity contribution in [3.63, 3.8) is 0 Å².